The lowest BCUT2D eigenvalue weighted by molar-refractivity contribution is 0.147. The summed E-state index contributed by atoms with van der Waals surface area (Å²) in [7, 11) is 1.79. The molecule has 21 heavy (non-hydrogen) atoms. The van der Waals surface area contributed by atoms with E-state index in [-0.39, 0.29) is 0 Å². The van der Waals surface area contributed by atoms with Gasteiger partial charge in [-0.25, -0.2) is 0 Å². The molecule has 1 aliphatic rings. The highest BCUT2D eigenvalue weighted by atomic mass is 16.5. The molecule has 2 heterocycles. The standard InChI is InChI=1S/C15H27N5O/c1-3-14-6-4-5-9-20(14)10-8-17-15(16-2)18-12-13-7-11-21-19-13/h7,11,14H,3-6,8-10,12H2,1-2H3,(H2,16,17,18). The molecule has 1 atom stereocenters. The number of rotatable bonds is 6. The van der Waals surface area contributed by atoms with E-state index in [9.17, 15) is 0 Å². The highest BCUT2D eigenvalue weighted by Gasteiger charge is 2.19. The number of hydrogen-bond donors (Lipinski definition) is 2. The minimum absolute atomic E-state index is 0.622. The summed E-state index contributed by atoms with van der Waals surface area (Å²) in [5.74, 6) is 0.808. The molecular formula is C15H27N5O. The minimum atomic E-state index is 0.622. The second-order valence-corrected chi connectivity index (χ2v) is 5.44. The van der Waals surface area contributed by atoms with Crippen LogP contribution in [-0.4, -0.2) is 48.7 Å². The lowest BCUT2D eigenvalue weighted by Crippen LogP contribution is -2.45. The van der Waals surface area contributed by atoms with Gasteiger partial charge in [0.05, 0.1) is 6.54 Å². The lowest BCUT2D eigenvalue weighted by Gasteiger charge is -2.35. The third-order valence-electron chi connectivity index (χ3n) is 4.06. The Morgan fingerprint density at radius 1 is 1.48 bits per heavy atom. The summed E-state index contributed by atoms with van der Waals surface area (Å²) in [6.45, 7) is 6.12. The second kappa shape index (κ2) is 8.67. The maximum absolute atomic E-state index is 4.81. The molecule has 2 N–H and O–H groups in total. The molecule has 0 radical (unpaired) electrons. The molecule has 0 saturated carbocycles. The summed E-state index contributed by atoms with van der Waals surface area (Å²) >= 11 is 0. The van der Waals surface area contributed by atoms with E-state index in [1.807, 2.05) is 6.07 Å². The van der Waals surface area contributed by atoms with Crippen molar-refractivity contribution in [2.45, 2.75) is 45.2 Å². The summed E-state index contributed by atoms with van der Waals surface area (Å²) in [6, 6.07) is 2.60. The van der Waals surface area contributed by atoms with E-state index in [2.05, 4.69) is 32.6 Å². The Hall–Kier alpha value is -1.56. The fourth-order valence-corrected chi connectivity index (χ4v) is 2.86. The van der Waals surface area contributed by atoms with Gasteiger partial charge >= 0.3 is 0 Å². The number of aromatic nitrogens is 1. The first kappa shape index (κ1) is 15.8. The van der Waals surface area contributed by atoms with Gasteiger partial charge in [0.25, 0.3) is 0 Å². The summed E-state index contributed by atoms with van der Waals surface area (Å²) < 4.78 is 4.81. The van der Waals surface area contributed by atoms with Crippen LogP contribution in [0.15, 0.2) is 21.8 Å². The zero-order chi connectivity index (χ0) is 14.9. The number of guanidine groups is 1. The van der Waals surface area contributed by atoms with Crippen molar-refractivity contribution in [2.24, 2.45) is 4.99 Å². The molecule has 0 bridgehead atoms. The molecule has 0 spiro atoms. The Kier molecular flexibility index (Phi) is 6.53. The Balaban J connectivity index is 1.68. The monoisotopic (exact) mass is 293 g/mol. The van der Waals surface area contributed by atoms with Crippen LogP contribution in [-0.2, 0) is 6.54 Å². The highest BCUT2D eigenvalue weighted by Crippen LogP contribution is 2.18. The van der Waals surface area contributed by atoms with Gasteiger partial charge in [-0.15, -0.1) is 0 Å². The molecule has 0 aliphatic carbocycles. The van der Waals surface area contributed by atoms with Crippen molar-refractivity contribution in [3.05, 3.63) is 18.0 Å². The van der Waals surface area contributed by atoms with Gasteiger partial charge in [0.2, 0.25) is 0 Å². The van der Waals surface area contributed by atoms with E-state index in [0.29, 0.717) is 6.54 Å². The van der Waals surface area contributed by atoms with Crippen molar-refractivity contribution in [1.82, 2.24) is 20.7 Å². The van der Waals surface area contributed by atoms with E-state index < -0.39 is 0 Å². The van der Waals surface area contributed by atoms with Crippen molar-refractivity contribution < 1.29 is 4.52 Å². The van der Waals surface area contributed by atoms with Crippen LogP contribution >= 0.6 is 0 Å². The Bertz CT molecular complexity index is 418. The number of nitrogens with one attached hydrogen (secondary N) is 2. The van der Waals surface area contributed by atoms with E-state index in [1.54, 1.807) is 13.3 Å². The van der Waals surface area contributed by atoms with Crippen molar-refractivity contribution in [3.8, 4) is 0 Å². The SMILES string of the molecule is CCC1CCCCN1CCNC(=NC)NCc1ccon1. The lowest BCUT2D eigenvalue weighted by atomic mass is 10.0. The first-order valence-electron chi connectivity index (χ1n) is 7.91. The zero-order valence-corrected chi connectivity index (χ0v) is 13.1. The van der Waals surface area contributed by atoms with E-state index in [1.165, 1.54) is 32.2 Å². The summed E-state index contributed by atoms with van der Waals surface area (Å²) in [5, 5.41) is 10.5. The number of piperidine rings is 1. The van der Waals surface area contributed by atoms with E-state index >= 15 is 0 Å². The van der Waals surface area contributed by atoms with E-state index in [4.69, 9.17) is 4.52 Å². The first-order valence-corrected chi connectivity index (χ1v) is 7.91. The van der Waals surface area contributed by atoms with Crippen LogP contribution in [0.3, 0.4) is 0 Å². The predicted molar refractivity (Wildman–Crippen MR) is 84.2 cm³/mol. The van der Waals surface area contributed by atoms with Gasteiger partial charge in [0.1, 0.15) is 12.0 Å². The first-order chi connectivity index (χ1) is 10.3. The van der Waals surface area contributed by atoms with Crippen LogP contribution in [0.2, 0.25) is 0 Å². The van der Waals surface area contributed by atoms with Gasteiger partial charge < -0.3 is 15.2 Å². The molecule has 2 rings (SSSR count). The summed E-state index contributed by atoms with van der Waals surface area (Å²) in [5.41, 5.74) is 0.875. The molecule has 1 fully saturated rings. The minimum Gasteiger partial charge on any atom is -0.364 e. The number of aliphatic imine (C=N–C) groups is 1. The smallest absolute Gasteiger partial charge is 0.191 e. The van der Waals surface area contributed by atoms with E-state index in [0.717, 1.165) is 30.8 Å². The predicted octanol–water partition coefficient (Wildman–Crippen LogP) is 1.60. The topological polar surface area (TPSA) is 65.7 Å². The third-order valence-corrected chi connectivity index (χ3v) is 4.06. The van der Waals surface area contributed by atoms with Gasteiger partial charge in [-0.3, -0.25) is 9.89 Å². The van der Waals surface area contributed by atoms with Crippen molar-refractivity contribution in [3.63, 3.8) is 0 Å². The van der Waals surface area contributed by atoms with Gasteiger partial charge in [0, 0.05) is 32.2 Å². The molecule has 0 aromatic carbocycles. The molecule has 118 valence electrons. The fourth-order valence-electron chi connectivity index (χ4n) is 2.86. The second-order valence-electron chi connectivity index (χ2n) is 5.44. The molecule has 6 nitrogen and oxygen atoms in total. The Morgan fingerprint density at radius 3 is 3.10 bits per heavy atom. The van der Waals surface area contributed by atoms with Crippen LogP contribution in [0.1, 0.15) is 38.3 Å². The number of nitrogens with zero attached hydrogens (tertiary/aromatic N) is 3. The van der Waals surface area contributed by atoms with Gasteiger partial charge in [-0.1, -0.05) is 18.5 Å². The van der Waals surface area contributed by atoms with Crippen LogP contribution in [0.5, 0.6) is 0 Å². The summed E-state index contributed by atoms with van der Waals surface area (Å²) in [4.78, 5) is 6.83. The molecule has 1 unspecified atom stereocenters. The zero-order valence-electron chi connectivity index (χ0n) is 13.1. The number of hydrogen-bond acceptors (Lipinski definition) is 4. The molecule has 1 aromatic heterocycles. The molecule has 0 amide bonds. The van der Waals surface area contributed by atoms with Crippen LogP contribution in [0.4, 0.5) is 0 Å². The van der Waals surface area contributed by atoms with Crippen LogP contribution in [0.25, 0.3) is 0 Å². The average Bonchev–Trinajstić information content (AvgIpc) is 3.04. The van der Waals surface area contributed by atoms with Crippen LogP contribution in [0, 0.1) is 0 Å². The third kappa shape index (κ3) is 5.04. The Morgan fingerprint density at radius 2 is 2.38 bits per heavy atom. The normalized spacial score (nSPS) is 20.5. The highest BCUT2D eigenvalue weighted by molar-refractivity contribution is 5.79. The molecule has 1 aromatic rings. The number of likely N-dealkylation sites (tertiary alicyclic amines) is 1. The maximum atomic E-state index is 4.81. The molecular weight excluding hydrogens is 266 g/mol. The molecule has 1 saturated heterocycles. The Labute approximate surface area is 127 Å². The summed E-state index contributed by atoms with van der Waals surface area (Å²) in [6.07, 6.45) is 6.88. The van der Waals surface area contributed by atoms with Crippen molar-refractivity contribution >= 4 is 5.96 Å². The van der Waals surface area contributed by atoms with Crippen LogP contribution < -0.4 is 10.6 Å². The van der Waals surface area contributed by atoms with Gasteiger partial charge in [-0.2, -0.15) is 0 Å². The largest absolute Gasteiger partial charge is 0.364 e. The van der Waals surface area contributed by atoms with Crippen molar-refractivity contribution in [2.75, 3.05) is 26.7 Å². The van der Waals surface area contributed by atoms with Gasteiger partial charge in [-0.05, 0) is 25.8 Å². The van der Waals surface area contributed by atoms with Gasteiger partial charge in [0.15, 0.2) is 5.96 Å². The average molecular weight is 293 g/mol. The molecule has 6 heteroatoms. The molecule has 1 aliphatic heterocycles. The quantitative estimate of drug-likeness (QED) is 0.616. The maximum Gasteiger partial charge on any atom is 0.191 e. The van der Waals surface area contributed by atoms with Crippen molar-refractivity contribution in [1.29, 1.82) is 0 Å². The fraction of sp³-hybridized carbons (Fsp3) is 0.733.